The van der Waals surface area contributed by atoms with Gasteiger partial charge in [-0.1, -0.05) is 12.2 Å². The Morgan fingerprint density at radius 1 is 1.47 bits per heavy atom. The fourth-order valence-electron chi connectivity index (χ4n) is 1.05. The second-order valence-corrected chi connectivity index (χ2v) is 3.62. The molecule has 0 unspecified atom stereocenters. The molecule has 0 radical (unpaired) electrons. The van der Waals surface area contributed by atoms with Gasteiger partial charge in [0, 0.05) is 6.42 Å². The van der Waals surface area contributed by atoms with Crippen molar-refractivity contribution in [3.63, 3.8) is 0 Å². The maximum absolute atomic E-state index is 11.9. The molecule has 4 nitrogen and oxygen atoms in total. The number of nitrogens with two attached hydrogens (primary N) is 1. The number of rotatable bonds is 5. The number of halogens is 3. The molecule has 0 fully saturated rings. The van der Waals surface area contributed by atoms with Crippen LogP contribution in [0.15, 0.2) is 12.3 Å². The summed E-state index contributed by atoms with van der Waals surface area (Å²) in [5, 5.41) is 7.16. The lowest BCUT2D eigenvalue weighted by atomic mass is 10.3. The molecule has 0 saturated heterocycles. The van der Waals surface area contributed by atoms with Crippen LogP contribution in [0, 0.1) is 0 Å². The average molecular weight is 265 g/mol. The number of nitrogens with zero attached hydrogens (tertiary/aromatic N) is 2. The molecule has 0 bridgehead atoms. The van der Waals surface area contributed by atoms with Gasteiger partial charge in [0.25, 0.3) is 0 Å². The molecule has 0 aliphatic rings. The Bertz CT molecular complexity index is 397. The van der Waals surface area contributed by atoms with Crippen LogP contribution >= 0.6 is 12.2 Å². The van der Waals surface area contributed by atoms with Gasteiger partial charge in [0.05, 0.1) is 18.4 Å². The number of ether oxygens (including phenoxy) is 1. The Labute approximate surface area is 101 Å². The van der Waals surface area contributed by atoms with Crippen molar-refractivity contribution in [2.45, 2.75) is 19.0 Å². The molecule has 8 heteroatoms. The number of alkyl halides is 3. The van der Waals surface area contributed by atoms with Gasteiger partial charge in [-0.15, -0.1) is 5.10 Å². The van der Waals surface area contributed by atoms with Crippen LogP contribution in [0.4, 0.5) is 13.2 Å². The van der Waals surface area contributed by atoms with Crippen LogP contribution in [0.1, 0.15) is 18.4 Å². The van der Waals surface area contributed by atoms with Crippen LogP contribution in [0.2, 0.25) is 0 Å². The van der Waals surface area contributed by atoms with Crippen LogP contribution in [0.3, 0.4) is 0 Å². The molecule has 0 aliphatic heterocycles. The van der Waals surface area contributed by atoms with Gasteiger partial charge >= 0.3 is 6.18 Å². The summed E-state index contributed by atoms with van der Waals surface area (Å²) < 4.78 is 40.6. The highest BCUT2D eigenvalue weighted by Crippen LogP contribution is 2.21. The fraction of sp³-hybridized carbons (Fsp3) is 0.444. The molecule has 0 spiro atoms. The van der Waals surface area contributed by atoms with Crippen LogP contribution in [-0.2, 0) is 0 Å². The van der Waals surface area contributed by atoms with Crippen molar-refractivity contribution < 1.29 is 17.9 Å². The van der Waals surface area contributed by atoms with Crippen LogP contribution in [0.5, 0.6) is 5.88 Å². The van der Waals surface area contributed by atoms with Crippen LogP contribution < -0.4 is 10.5 Å². The van der Waals surface area contributed by atoms with Crippen molar-refractivity contribution in [2.75, 3.05) is 6.61 Å². The second kappa shape index (κ2) is 5.76. The Morgan fingerprint density at radius 2 is 2.18 bits per heavy atom. The summed E-state index contributed by atoms with van der Waals surface area (Å²) in [5.74, 6) is 0.0576. The van der Waals surface area contributed by atoms with E-state index < -0.39 is 12.6 Å². The summed E-state index contributed by atoms with van der Waals surface area (Å²) in [4.78, 5) is 0.0609. The zero-order valence-corrected chi connectivity index (χ0v) is 9.51. The first-order valence-corrected chi connectivity index (χ1v) is 5.12. The molecule has 17 heavy (non-hydrogen) atoms. The van der Waals surface area contributed by atoms with Crippen molar-refractivity contribution in [3.05, 3.63) is 17.8 Å². The summed E-state index contributed by atoms with van der Waals surface area (Å²) in [6.07, 6.45) is -3.87. The van der Waals surface area contributed by atoms with E-state index >= 15 is 0 Å². The third-order valence-corrected chi connectivity index (χ3v) is 2.02. The standard InChI is InChI=1S/C9H10F3N3OS/c10-9(11,12)3-1-5-16-8-6(7(13)17)2-4-14-15-8/h2,4H,1,3,5H2,(H2,13,17). The van der Waals surface area contributed by atoms with Crippen molar-refractivity contribution >= 4 is 17.2 Å². The average Bonchev–Trinajstić information content (AvgIpc) is 2.23. The van der Waals surface area contributed by atoms with Crippen LogP contribution in [0.25, 0.3) is 0 Å². The van der Waals surface area contributed by atoms with Gasteiger partial charge in [-0.05, 0) is 12.5 Å². The molecule has 2 N–H and O–H groups in total. The SMILES string of the molecule is NC(=S)c1ccnnc1OCCCC(F)(F)F. The summed E-state index contributed by atoms with van der Waals surface area (Å²) >= 11 is 4.74. The van der Waals surface area contributed by atoms with E-state index in [0.717, 1.165) is 0 Å². The van der Waals surface area contributed by atoms with Crippen molar-refractivity contribution in [2.24, 2.45) is 5.73 Å². The quantitative estimate of drug-likeness (QED) is 0.650. The van der Waals surface area contributed by atoms with E-state index in [9.17, 15) is 13.2 Å². The highest BCUT2D eigenvalue weighted by molar-refractivity contribution is 7.80. The molecular weight excluding hydrogens is 255 g/mol. The maximum Gasteiger partial charge on any atom is 0.389 e. The summed E-state index contributed by atoms with van der Waals surface area (Å²) in [7, 11) is 0. The van der Waals surface area contributed by atoms with Crippen LogP contribution in [-0.4, -0.2) is 28.0 Å². The van der Waals surface area contributed by atoms with E-state index in [-0.39, 0.29) is 23.9 Å². The van der Waals surface area contributed by atoms with E-state index in [1.165, 1.54) is 12.3 Å². The van der Waals surface area contributed by atoms with Gasteiger partial charge in [0.2, 0.25) is 5.88 Å². The van der Waals surface area contributed by atoms with Gasteiger partial charge in [-0.3, -0.25) is 0 Å². The van der Waals surface area contributed by atoms with E-state index in [1.807, 2.05) is 0 Å². The van der Waals surface area contributed by atoms with Gasteiger partial charge in [-0.25, -0.2) is 0 Å². The number of hydrogen-bond acceptors (Lipinski definition) is 4. The first kappa shape index (κ1) is 13.6. The lowest BCUT2D eigenvalue weighted by Gasteiger charge is -2.09. The Balaban J connectivity index is 2.49. The molecule has 0 aliphatic carbocycles. The molecule has 1 aromatic heterocycles. The fourth-order valence-corrected chi connectivity index (χ4v) is 1.21. The zero-order valence-electron chi connectivity index (χ0n) is 8.70. The predicted molar refractivity (Wildman–Crippen MR) is 58.7 cm³/mol. The Kier molecular flexibility index (Phi) is 4.62. The largest absolute Gasteiger partial charge is 0.476 e. The predicted octanol–water partition coefficient (Wildman–Crippen LogP) is 1.83. The zero-order chi connectivity index (χ0) is 12.9. The molecule has 0 amide bonds. The Morgan fingerprint density at radius 3 is 2.76 bits per heavy atom. The van der Waals surface area contributed by atoms with Gasteiger partial charge < -0.3 is 10.5 Å². The molecule has 0 atom stereocenters. The molecule has 1 rings (SSSR count). The van der Waals surface area contributed by atoms with E-state index in [0.29, 0.717) is 5.56 Å². The van der Waals surface area contributed by atoms with Crippen molar-refractivity contribution in [1.82, 2.24) is 10.2 Å². The molecule has 1 aromatic rings. The molecule has 94 valence electrons. The first-order chi connectivity index (χ1) is 7.90. The van der Waals surface area contributed by atoms with E-state index in [1.54, 1.807) is 0 Å². The minimum Gasteiger partial charge on any atom is -0.476 e. The van der Waals surface area contributed by atoms with Gasteiger partial charge in [-0.2, -0.15) is 18.3 Å². The summed E-state index contributed by atoms with van der Waals surface area (Å²) in [6, 6.07) is 1.49. The topological polar surface area (TPSA) is 61.0 Å². The lowest BCUT2D eigenvalue weighted by Crippen LogP contribution is -2.15. The first-order valence-electron chi connectivity index (χ1n) is 4.71. The van der Waals surface area contributed by atoms with E-state index in [2.05, 4.69) is 10.2 Å². The molecule has 0 saturated carbocycles. The van der Waals surface area contributed by atoms with E-state index in [4.69, 9.17) is 22.7 Å². The second-order valence-electron chi connectivity index (χ2n) is 3.18. The number of hydrogen-bond donors (Lipinski definition) is 1. The maximum atomic E-state index is 11.9. The monoisotopic (exact) mass is 265 g/mol. The summed E-state index contributed by atoms with van der Waals surface area (Å²) in [5.41, 5.74) is 5.75. The highest BCUT2D eigenvalue weighted by atomic mass is 32.1. The summed E-state index contributed by atoms with van der Waals surface area (Å²) in [6.45, 7) is -0.117. The minimum absolute atomic E-state index is 0.0576. The van der Waals surface area contributed by atoms with Gasteiger partial charge in [0.15, 0.2) is 0 Å². The van der Waals surface area contributed by atoms with Crippen molar-refractivity contribution in [1.29, 1.82) is 0 Å². The Hall–Kier alpha value is -1.44. The third-order valence-electron chi connectivity index (χ3n) is 1.80. The van der Waals surface area contributed by atoms with Crippen molar-refractivity contribution in [3.8, 4) is 5.88 Å². The van der Waals surface area contributed by atoms with Gasteiger partial charge in [0.1, 0.15) is 4.99 Å². The number of aromatic nitrogens is 2. The highest BCUT2D eigenvalue weighted by Gasteiger charge is 2.26. The lowest BCUT2D eigenvalue weighted by molar-refractivity contribution is -0.136. The third kappa shape index (κ3) is 4.94. The smallest absolute Gasteiger partial charge is 0.389 e. The normalized spacial score (nSPS) is 11.2. The molecular formula is C9H10F3N3OS. The molecule has 0 aromatic carbocycles. The molecule has 1 heterocycles. The minimum atomic E-state index is -4.18. The number of thiocarbonyl (C=S) groups is 1.